The smallest absolute Gasteiger partial charge is 0.338 e. The predicted molar refractivity (Wildman–Crippen MR) is 116 cm³/mol. The Bertz CT molecular complexity index is 1090. The number of carbonyl (C=O) groups excluding carboxylic acids is 1. The van der Waals surface area contributed by atoms with E-state index >= 15 is 0 Å². The molecule has 0 spiro atoms. The molecule has 0 saturated heterocycles. The Morgan fingerprint density at radius 1 is 0.688 bits per heavy atom. The second-order valence-corrected chi connectivity index (χ2v) is 6.74. The number of methoxy groups -OCH3 is 3. The van der Waals surface area contributed by atoms with Crippen LogP contribution in [-0.2, 0) is 18.0 Å². The second kappa shape index (κ2) is 10.3. The zero-order chi connectivity index (χ0) is 23.1. The Morgan fingerprint density at radius 3 is 1.81 bits per heavy atom. The summed E-state index contributed by atoms with van der Waals surface area (Å²) in [6.07, 6.45) is 0. The summed E-state index contributed by atoms with van der Waals surface area (Å²) in [7, 11) is 4.39. The number of phenols is 2. The van der Waals surface area contributed by atoms with Crippen molar-refractivity contribution >= 4 is 5.97 Å². The van der Waals surface area contributed by atoms with Crippen LogP contribution in [0.15, 0.2) is 54.6 Å². The summed E-state index contributed by atoms with van der Waals surface area (Å²) < 4.78 is 26.7. The molecule has 3 aromatic rings. The highest BCUT2D eigenvalue weighted by Gasteiger charge is 2.14. The molecule has 0 aliphatic carbocycles. The van der Waals surface area contributed by atoms with Crippen LogP contribution in [0.2, 0.25) is 0 Å². The number of hydrogen-bond donors (Lipinski definition) is 2. The molecule has 0 aliphatic heterocycles. The molecule has 0 atom stereocenters. The Kier molecular flexibility index (Phi) is 7.28. The van der Waals surface area contributed by atoms with Gasteiger partial charge in [-0.15, -0.1) is 0 Å². The molecule has 0 radical (unpaired) electrons. The molecule has 3 aromatic carbocycles. The zero-order valence-corrected chi connectivity index (χ0v) is 18.0. The van der Waals surface area contributed by atoms with E-state index in [1.54, 1.807) is 36.4 Å². The lowest BCUT2D eigenvalue weighted by Crippen LogP contribution is -2.06. The van der Waals surface area contributed by atoms with Gasteiger partial charge < -0.3 is 33.9 Å². The fourth-order valence-electron chi connectivity index (χ4n) is 2.93. The van der Waals surface area contributed by atoms with Crippen molar-refractivity contribution in [2.75, 3.05) is 21.3 Å². The molecule has 0 aromatic heterocycles. The van der Waals surface area contributed by atoms with Gasteiger partial charge in [-0.3, -0.25) is 0 Å². The summed E-state index contributed by atoms with van der Waals surface area (Å²) in [5, 5.41) is 19.3. The normalized spacial score (nSPS) is 10.3. The number of carbonyl (C=O) groups is 1. The number of hydrogen-bond acceptors (Lipinski definition) is 8. The average Bonchev–Trinajstić information content (AvgIpc) is 2.82. The molecule has 8 heteroatoms. The summed E-state index contributed by atoms with van der Waals surface area (Å²) >= 11 is 0. The van der Waals surface area contributed by atoms with E-state index < -0.39 is 5.97 Å². The van der Waals surface area contributed by atoms with Crippen LogP contribution >= 0.6 is 0 Å². The Hall–Kier alpha value is -4.07. The maximum atomic E-state index is 12.5. The first-order valence-electron chi connectivity index (χ1n) is 9.65. The van der Waals surface area contributed by atoms with Crippen molar-refractivity contribution in [3.05, 3.63) is 71.3 Å². The standard InChI is InChI=1S/C24H24O8/c1-28-21-10-15(4-7-18(21)25)13-31-20-9-6-17(12-23(20)30-3)24(27)32-14-16-5-8-19(26)22(11-16)29-2/h4-12,25-26H,13-14H2,1-3H3. The lowest BCUT2D eigenvalue weighted by molar-refractivity contribution is 0.0472. The van der Waals surface area contributed by atoms with Crippen molar-refractivity contribution in [1.29, 1.82) is 0 Å². The third-order valence-electron chi connectivity index (χ3n) is 4.65. The average molecular weight is 440 g/mol. The molecule has 0 heterocycles. The number of phenolic OH excluding ortho intramolecular Hbond substituents is 2. The van der Waals surface area contributed by atoms with Gasteiger partial charge in [-0.25, -0.2) is 4.79 Å². The maximum absolute atomic E-state index is 12.5. The van der Waals surface area contributed by atoms with Gasteiger partial charge in [-0.1, -0.05) is 12.1 Å². The van der Waals surface area contributed by atoms with E-state index in [0.29, 0.717) is 34.1 Å². The molecule has 3 rings (SSSR count). The van der Waals surface area contributed by atoms with Crippen LogP contribution in [-0.4, -0.2) is 37.5 Å². The molecular weight excluding hydrogens is 416 g/mol. The highest BCUT2D eigenvalue weighted by atomic mass is 16.5. The van der Waals surface area contributed by atoms with Crippen LogP contribution in [0, 0.1) is 0 Å². The first-order chi connectivity index (χ1) is 15.4. The SMILES string of the molecule is COc1cc(COC(=O)c2ccc(OCc3ccc(O)c(OC)c3)c(OC)c2)ccc1O. The lowest BCUT2D eigenvalue weighted by atomic mass is 10.2. The van der Waals surface area contributed by atoms with Gasteiger partial charge in [0, 0.05) is 0 Å². The quantitative estimate of drug-likeness (QED) is 0.480. The number of aromatic hydroxyl groups is 2. The van der Waals surface area contributed by atoms with Crippen molar-refractivity contribution < 1.29 is 38.7 Å². The third kappa shape index (κ3) is 5.34. The van der Waals surface area contributed by atoms with E-state index in [2.05, 4.69) is 0 Å². The van der Waals surface area contributed by atoms with Gasteiger partial charge in [-0.05, 0) is 53.6 Å². The van der Waals surface area contributed by atoms with Gasteiger partial charge in [0.1, 0.15) is 13.2 Å². The molecule has 2 N–H and O–H groups in total. The first-order valence-corrected chi connectivity index (χ1v) is 9.65. The Balaban J connectivity index is 1.65. The molecule has 0 unspecified atom stereocenters. The fourth-order valence-corrected chi connectivity index (χ4v) is 2.93. The van der Waals surface area contributed by atoms with Crippen molar-refractivity contribution in [2.24, 2.45) is 0 Å². The minimum Gasteiger partial charge on any atom is -0.504 e. The molecule has 8 nitrogen and oxygen atoms in total. The van der Waals surface area contributed by atoms with Crippen molar-refractivity contribution in [2.45, 2.75) is 13.2 Å². The van der Waals surface area contributed by atoms with E-state index in [1.807, 2.05) is 0 Å². The summed E-state index contributed by atoms with van der Waals surface area (Å²) in [6, 6.07) is 14.4. The summed E-state index contributed by atoms with van der Waals surface area (Å²) in [4.78, 5) is 12.5. The van der Waals surface area contributed by atoms with E-state index in [4.69, 9.17) is 23.7 Å². The fraction of sp³-hybridized carbons (Fsp3) is 0.208. The molecule has 0 saturated carbocycles. The second-order valence-electron chi connectivity index (χ2n) is 6.74. The molecule has 0 amide bonds. The van der Waals surface area contributed by atoms with Crippen LogP contribution in [0.5, 0.6) is 34.5 Å². The van der Waals surface area contributed by atoms with Crippen LogP contribution in [0.3, 0.4) is 0 Å². The summed E-state index contributed by atoms with van der Waals surface area (Å²) in [5.41, 5.74) is 1.75. The van der Waals surface area contributed by atoms with Crippen molar-refractivity contribution in [1.82, 2.24) is 0 Å². The van der Waals surface area contributed by atoms with E-state index in [-0.39, 0.29) is 24.7 Å². The van der Waals surface area contributed by atoms with Crippen LogP contribution < -0.4 is 18.9 Å². The minimum atomic E-state index is -0.537. The highest BCUT2D eigenvalue weighted by Crippen LogP contribution is 2.31. The van der Waals surface area contributed by atoms with Crippen LogP contribution in [0.1, 0.15) is 21.5 Å². The zero-order valence-electron chi connectivity index (χ0n) is 18.0. The monoisotopic (exact) mass is 440 g/mol. The number of rotatable bonds is 9. The van der Waals surface area contributed by atoms with E-state index in [0.717, 1.165) is 5.56 Å². The van der Waals surface area contributed by atoms with Gasteiger partial charge in [0.2, 0.25) is 0 Å². The molecular formula is C24H24O8. The van der Waals surface area contributed by atoms with Crippen molar-refractivity contribution in [3.63, 3.8) is 0 Å². The molecule has 32 heavy (non-hydrogen) atoms. The Morgan fingerprint density at radius 2 is 1.25 bits per heavy atom. The topological polar surface area (TPSA) is 104 Å². The third-order valence-corrected chi connectivity index (χ3v) is 4.65. The number of benzene rings is 3. The van der Waals surface area contributed by atoms with E-state index in [9.17, 15) is 15.0 Å². The first kappa shape index (κ1) is 22.6. The van der Waals surface area contributed by atoms with Gasteiger partial charge in [-0.2, -0.15) is 0 Å². The predicted octanol–water partition coefficient (Wildman–Crippen LogP) is 4.06. The summed E-state index contributed by atoms with van der Waals surface area (Å²) in [5.74, 6) is 0.979. The maximum Gasteiger partial charge on any atom is 0.338 e. The van der Waals surface area contributed by atoms with E-state index in [1.165, 1.54) is 39.5 Å². The van der Waals surface area contributed by atoms with Gasteiger partial charge >= 0.3 is 5.97 Å². The molecule has 0 fully saturated rings. The van der Waals surface area contributed by atoms with Crippen LogP contribution in [0.4, 0.5) is 0 Å². The molecule has 0 aliphatic rings. The lowest BCUT2D eigenvalue weighted by Gasteiger charge is -2.13. The van der Waals surface area contributed by atoms with Crippen molar-refractivity contribution in [3.8, 4) is 34.5 Å². The Labute approximate surface area is 185 Å². The van der Waals surface area contributed by atoms with Gasteiger partial charge in [0.25, 0.3) is 0 Å². The van der Waals surface area contributed by atoms with Gasteiger partial charge in [0.05, 0.1) is 26.9 Å². The van der Waals surface area contributed by atoms with Gasteiger partial charge in [0.15, 0.2) is 34.5 Å². The highest BCUT2D eigenvalue weighted by molar-refractivity contribution is 5.90. The molecule has 168 valence electrons. The number of esters is 1. The minimum absolute atomic E-state index is 0.00801. The largest absolute Gasteiger partial charge is 0.504 e. The van der Waals surface area contributed by atoms with Crippen LogP contribution in [0.25, 0.3) is 0 Å². The molecule has 0 bridgehead atoms. The summed E-state index contributed by atoms with van der Waals surface area (Å²) in [6.45, 7) is 0.220. The number of ether oxygens (including phenoxy) is 5.